The summed E-state index contributed by atoms with van der Waals surface area (Å²) < 4.78 is 11.3. The standard InChI is InChI=1S/C24H23NO3/c26-24(20-10-8-19(9-11-20)18-5-2-1-3-6-18)25-21-12-14-22(15-13-21)28-17-23-7-4-16-27-23/h1-3,5-6,8-15,23H,4,7,16-17H2,(H,25,26)/t23-/m0/s1. The molecule has 3 aromatic rings. The van der Waals surface area contributed by atoms with Gasteiger partial charge >= 0.3 is 0 Å². The Hall–Kier alpha value is -3.11. The Kier molecular flexibility index (Phi) is 5.69. The van der Waals surface area contributed by atoms with E-state index in [1.165, 1.54) is 0 Å². The van der Waals surface area contributed by atoms with E-state index in [-0.39, 0.29) is 12.0 Å². The SMILES string of the molecule is O=C(Nc1ccc(OC[C@@H]2CCCO2)cc1)c1ccc(-c2ccccc2)cc1. The fourth-order valence-corrected chi connectivity index (χ4v) is 3.25. The number of nitrogens with one attached hydrogen (secondary N) is 1. The van der Waals surface area contributed by atoms with Crippen LogP contribution >= 0.6 is 0 Å². The first-order valence-corrected chi connectivity index (χ1v) is 9.59. The highest BCUT2D eigenvalue weighted by Gasteiger charge is 2.16. The summed E-state index contributed by atoms with van der Waals surface area (Å²) in [5.74, 6) is 0.647. The molecule has 0 aromatic heterocycles. The second-order valence-electron chi connectivity index (χ2n) is 6.87. The van der Waals surface area contributed by atoms with Crippen molar-refractivity contribution in [3.05, 3.63) is 84.4 Å². The Balaban J connectivity index is 1.34. The topological polar surface area (TPSA) is 47.6 Å². The fourth-order valence-electron chi connectivity index (χ4n) is 3.25. The van der Waals surface area contributed by atoms with E-state index in [0.29, 0.717) is 12.2 Å². The van der Waals surface area contributed by atoms with Crippen molar-refractivity contribution in [3.63, 3.8) is 0 Å². The Morgan fingerprint density at radius 1 is 0.929 bits per heavy atom. The normalized spacial score (nSPS) is 15.9. The molecule has 1 aliphatic heterocycles. The molecule has 0 unspecified atom stereocenters. The van der Waals surface area contributed by atoms with E-state index in [1.807, 2.05) is 66.7 Å². The smallest absolute Gasteiger partial charge is 0.255 e. The van der Waals surface area contributed by atoms with Crippen molar-refractivity contribution < 1.29 is 14.3 Å². The van der Waals surface area contributed by atoms with E-state index < -0.39 is 0 Å². The van der Waals surface area contributed by atoms with Crippen LogP contribution in [0.5, 0.6) is 5.75 Å². The molecule has 0 saturated carbocycles. The molecule has 0 aliphatic carbocycles. The highest BCUT2D eigenvalue weighted by atomic mass is 16.5. The molecular formula is C24H23NO3. The van der Waals surface area contributed by atoms with Gasteiger partial charge in [0.2, 0.25) is 0 Å². The van der Waals surface area contributed by atoms with Crippen LogP contribution in [0.2, 0.25) is 0 Å². The van der Waals surface area contributed by atoms with E-state index in [9.17, 15) is 4.79 Å². The molecule has 1 amide bonds. The third kappa shape index (κ3) is 4.59. The quantitative estimate of drug-likeness (QED) is 0.649. The van der Waals surface area contributed by atoms with Crippen molar-refractivity contribution in [3.8, 4) is 16.9 Å². The number of ether oxygens (including phenoxy) is 2. The number of hydrogen-bond donors (Lipinski definition) is 1. The van der Waals surface area contributed by atoms with Gasteiger partial charge in [0.25, 0.3) is 5.91 Å². The van der Waals surface area contributed by atoms with Crippen LogP contribution in [-0.2, 0) is 4.74 Å². The van der Waals surface area contributed by atoms with Gasteiger partial charge in [0.15, 0.2) is 0 Å². The third-order valence-electron chi connectivity index (χ3n) is 4.83. The van der Waals surface area contributed by atoms with Gasteiger partial charge in [-0.3, -0.25) is 4.79 Å². The second kappa shape index (κ2) is 8.72. The number of anilines is 1. The summed E-state index contributed by atoms with van der Waals surface area (Å²) in [6.07, 6.45) is 2.35. The lowest BCUT2D eigenvalue weighted by Gasteiger charge is -2.12. The van der Waals surface area contributed by atoms with Crippen molar-refractivity contribution in [2.45, 2.75) is 18.9 Å². The Morgan fingerprint density at radius 3 is 2.32 bits per heavy atom. The van der Waals surface area contributed by atoms with Gasteiger partial charge in [-0.15, -0.1) is 0 Å². The van der Waals surface area contributed by atoms with Crippen LogP contribution < -0.4 is 10.1 Å². The summed E-state index contributed by atoms with van der Waals surface area (Å²) in [4.78, 5) is 12.5. The summed E-state index contributed by atoms with van der Waals surface area (Å²) >= 11 is 0. The molecule has 28 heavy (non-hydrogen) atoms. The van der Waals surface area contributed by atoms with Crippen LogP contribution in [0, 0.1) is 0 Å². The van der Waals surface area contributed by atoms with Gasteiger partial charge in [-0.2, -0.15) is 0 Å². The van der Waals surface area contributed by atoms with Crippen LogP contribution in [0.4, 0.5) is 5.69 Å². The zero-order valence-electron chi connectivity index (χ0n) is 15.6. The molecule has 0 bridgehead atoms. The van der Waals surface area contributed by atoms with Crippen molar-refractivity contribution in [2.75, 3.05) is 18.5 Å². The minimum absolute atomic E-state index is 0.132. The molecule has 4 rings (SSSR count). The molecule has 1 N–H and O–H groups in total. The first-order valence-electron chi connectivity index (χ1n) is 9.59. The van der Waals surface area contributed by atoms with Gasteiger partial charge in [0.1, 0.15) is 12.4 Å². The fraction of sp³-hybridized carbons (Fsp3) is 0.208. The zero-order chi connectivity index (χ0) is 19.2. The second-order valence-corrected chi connectivity index (χ2v) is 6.87. The van der Waals surface area contributed by atoms with Gasteiger partial charge < -0.3 is 14.8 Å². The molecule has 3 aromatic carbocycles. The molecule has 1 saturated heterocycles. The molecule has 0 spiro atoms. The Morgan fingerprint density at radius 2 is 1.64 bits per heavy atom. The highest BCUT2D eigenvalue weighted by Crippen LogP contribution is 2.21. The van der Waals surface area contributed by atoms with Crippen LogP contribution in [0.3, 0.4) is 0 Å². The van der Waals surface area contributed by atoms with E-state index in [4.69, 9.17) is 9.47 Å². The average Bonchev–Trinajstić information content (AvgIpc) is 3.28. The summed E-state index contributed by atoms with van der Waals surface area (Å²) in [6.45, 7) is 1.39. The maximum absolute atomic E-state index is 12.5. The first kappa shape index (κ1) is 18.3. The average molecular weight is 373 g/mol. The summed E-state index contributed by atoms with van der Waals surface area (Å²) in [5, 5.41) is 2.92. The number of benzene rings is 3. The minimum Gasteiger partial charge on any atom is -0.491 e. The van der Waals surface area contributed by atoms with E-state index in [2.05, 4.69) is 17.4 Å². The number of amides is 1. The molecule has 1 atom stereocenters. The zero-order valence-corrected chi connectivity index (χ0v) is 15.6. The first-order chi connectivity index (χ1) is 13.8. The molecule has 4 heteroatoms. The van der Waals surface area contributed by atoms with Crippen molar-refractivity contribution in [2.24, 2.45) is 0 Å². The van der Waals surface area contributed by atoms with Crippen molar-refractivity contribution in [1.82, 2.24) is 0 Å². The van der Waals surface area contributed by atoms with Crippen LogP contribution in [0.25, 0.3) is 11.1 Å². The van der Waals surface area contributed by atoms with Crippen LogP contribution in [0.15, 0.2) is 78.9 Å². The van der Waals surface area contributed by atoms with Gasteiger partial charge in [0, 0.05) is 17.9 Å². The highest BCUT2D eigenvalue weighted by molar-refractivity contribution is 6.04. The molecule has 0 radical (unpaired) electrons. The van der Waals surface area contributed by atoms with Crippen molar-refractivity contribution >= 4 is 11.6 Å². The molecule has 1 aliphatic rings. The van der Waals surface area contributed by atoms with Gasteiger partial charge in [-0.25, -0.2) is 0 Å². The lowest BCUT2D eigenvalue weighted by Crippen LogP contribution is -2.16. The van der Waals surface area contributed by atoms with Crippen LogP contribution in [-0.4, -0.2) is 25.2 Å². The number of hydrogen-bond acceptors (Lipinski definition) is 3. The monoisotopic (exact) mass is 373 g/mol. The predicted molar refractivity (Wildman–Crippen MR) is 111 cm³/mol. The molecule has 1 heterocycles. The lowest BCUT2D eigenvalue weighted by atomic mass is 10.0. The number of carbonyl (C=O) groups excluding carboxylic acids is 1. The van der Waals surface area contributed by atoms with Gasteiger partial charge in [0.05, 0.1) is 6.10 Å². The predicted octanol–water partition coefficient (Wildman–Crippen LogP) is 5.16. The molecule has 142 valence electrons. The Labute approximate surface area is 165 Å². The largest absolute Gasteiger partial charge is 0.491 e. The maximum atomic E-state index is 12.5. The summed E-state index contributed by atoms with van der Waals surface area (Å²) in [5.41, 5.74) is 3.58. The van der Waals surface area contributed by atoms with Crippen molar-refractivity contribution in [1.29, 1.82) is 0 Å². The third-order valence-corrected chi connectivity index (χ3v) is 4.83. The van der Waals surface area contributed by atoms with Crippen LogP contribution in [0.1, 0.15) is 23.2 Å². The number of rotatable bonds is 6. The Bertz CT molecular complexity index is 899. The lowest BCUT2D eigenvalue weighted by molar-refractivity contribution is 0.0679. The number of carbonyl (C=O) groups is 1. The summed E-state index contributed by atoms with van der Waals surface area (Å²) in [6, 6.07) is 25.1. The van der Waals surface area contributed by atoms with E-state index in [0.717, 1.165) is 42.0 Å². The van der Waals surface area contributed by atoms with Gasteiger partial charge in [-0.05, 0) is 60.4 Å². The molecular weight excluding hydrogens is 350 g/mol. The van der Waals surface area contributed by atoms with E-state index in [1.54, 1.807) is 0 Å². The minimum atomic E-state index is -0.132. The van der Waals surface area contributed by atoms with Gasteiger partial charge in [-0.1, -0.05) is 42.5 Å². The maximum Gasteiger partial charge on any atom is 0.255 e. The molecule has 4 nitrogen and oxygen atoms in total. The molecule has 1 fully saturated rings. The summed E-state index contributed by atoms with van der Waals surface area (Å²) in [7, 11) is 0. The van der Waals surface area contributed by atoms with E-state index >= 15 is 0 Å².